The first kappa shape index (κ1) is 12.6. The summed E-state index contributed by atoms with van der Waals surface area (Å²) in [6.07, 6.45) is 6.05. The zero-order valence-corrected chi connectivity index (χ0v) is 11.7. The van der Waals surface area contributed by atoms with Gasteiger partial charge in [0.2, 0.25) is 0 Å². The van der Waals surface area contributed by atoms with Gasteiger partial charge in [-0.2, -0.15) is 0 Å². The summed E-state index contributed by atoms with van der Waals surface area (Å²) < 4.78 is 0. The highest BCUT2D eigenvalue weighted by Crippen LogP contribution is 2.25. The summed E-state index contributed by atoms with van der Waals surface area (Å²) in [5, 5.41) is 0.634. The van der Waals surface area contributed by atoms with E-state index in [1.54, 1.807) is 0 Å². The second-order valence-electron chi connectivity index (χ2n) is 5.34. The molecule has 0 amide bonds. The molecular formula is C17H18ClN. The average Bonchev–Trinajstić information content (AvgIpc) is 2.43. The number of nitrogen functional groups attached to an aromatic ring is 1. The molecule has 0 unspecified atom stereocenters. The first-order valence-electron chi connectivity index (χ1n) is 6.87. The van der Waals surface area contributed by atoms with Gasteiger partial charge in [-0.1, -0.05) is 35.9 Å². The highest BCUT2D eigenvalue weighted by molar-refractivity contribution is 6.33. The minimum Gasteiger partial charge on any atom is -0.398 e. The summed E-state index contributed by atoms with van der Waals surface area (Å²) in [5.74, 6) is 0. The van der Waals surface area contributed by atoms with Crippen molar-refractivity contribution in [2.24, 2.45) is 0 Å². The van der Waals surface area contributed by atoms with Gasteiger partial charge in [-0.15, -0.1) is 0 Å². The highest BCUT2D eigenvalue weighted by Gasteiger charge is 2.09. The van der Waals surface area contributed by atoms with Crippen LogP contribution in [0.1, 0.15) is 35.1 Å². The van der Waals surface area contributed by atoms with Gasteiger partial charge in [0.1, 0.15) is 0 Å². The third kappa shape index (κ3) is 2.76. The quantitative estimate of drug-likeness (QED) is 0.806. The molecule has 2 N–H and O–H groups in total. The molecule has 0 aromatic heterocycles. The van der Waals surface area contributed by atoms with Gasteiger partial charge in [0, 0.05) is 0 Å². The number of nitrogens with two attached hydrogens (primary N) is 1. The molecule has 2 heteroatoms. The lowest BCUT2D eigenvalue weighted by Crippen LogP contribution is -2.03. The van der Waals surface area contributed by atoms with Gasteiger partial charge in [-0.25, -0.2) is 0 Å². The summed E-state index contributed by atoms with van der Waals surface area (Å²) in [5.41, 5.74) is 12.2. The summed E-state index contributed by atoms with van der Waals surface area (Å²) in [4.78, 5) is 0. The predicted octanol–water partition coefficient (Wildman–Crippen LogP) is 4.39. The van der Waals surface area contributed by atoms with Crippen molar-refractivity contribution < 1.29 is 0 Å². The molecule has 0 radical (unpaired) electrons. The first-order valence-corrected chi connectivity index (χ1v) is 7.25. The Morgan fingerprint density at radius 1 is 0.895 bits per heavy atom. The zero-order valence-electron chi connectivity index (χ0n) is 11.0. The Labute approximate surface area is 119 Å². The van der Waals surface area contributed by atoms with E-state index in [0.717, 1.165) is 6.42 Å². The second kappa shape index (κ2) is 5.26. The fourth-order valence-electron chi connectivity index (χ4n) is 2.84. The van der Waals surface area contributed by atoms with Crippen molar-refractivity contribution in [3.63, 3.8) is 0 Å². The van der Waals surface area contributed by atoms with Gasteiger partial charge < -0.3 is 5.73 Å². The summed E-state index contributed by atoms with van der Waals surface area (Å²) in [6.45, 7) is 0. The van der Waals surface area contributed by atoms with Crippen LogP contribution in [-0.2, 0) is 19.3 Å². The van der Waals surface area contributed by atoms with E-state index in [9.17, 15) is 0 Å². The SMILES string of the molecule is Nc1cc(Cc2ccc3c(c2)CCCC3)ccc1Cl. The number of anilines is 1. The van der Waals surface area contributed by atoms with Crippen molar-refractivity contribution in [3.05, 3.63) is 63.7 Å². The molecule has 0 saturated heterocycles. The first-order chi connectivity index (χ1) is 9.22. The molecule has 0 atom stereocenters. The van der Waals surface area contributed by atoms with E-state index >= 15 is 0 Å². The van der Waals surface area contributed by atoms with E-state index in [1.165, 1.54) is 47.9 Å². The van der Waals surface area contributed by atoms with Crippen LogP contribution in [0.5, 0.6) is 0 Å². The van der Waals surface area contributed by atoms with E-state index in [4.69, 9.17) is 17.3 Å². The molecule has 0 spiro atoms. The normalized spacial score (nSPS) is 14.2. The van der Waals surface area contributed by atoms with Gasteiger partial charge in [0.05, 0.1) is 10.7 Å². The number of hydrogen-bond donors (Lipinski definition) is 1. The summed E-state index contributed by atoms with van der Waals surface area (Å²) in [6, 6.07) is 12.8. The monoisotopic (exact) mass is 271 g/mol. The standard InChI is InChI=1S/C17H18ClN/c18-16-8-6-13(11-17(16)19)9-12-5-7-14-3-1-2-4-15(14)10-12/h5-8,10-11H,1-4,9,19H2. The molecule has 0 heterocycles. The Morgan fingerprint density at radius 2 is 1.58 bits per heavy atom. The Morgan fingerprint density at radius 3 is 2.37 bits per heavy atom. The fourth-order valence-corrected chi connectivity index (χ4v) is 2.95. The maximum atomic E-state index is 5.95. The van der Waals surface area contributed by atoms with Crippen LogP contribution in [0.3, 0.4) is 0 Å². The molecule has 2 aromatic rings. The van der Waals surface area contributed by atoms with Crippen LogP contribution in [0.15, 0.2) is 36.4 Å². The Kier molecular flexibility index (Phi) is 3.48. The van der Waals surface area contributed by atoms with Gasteiger partial charge in [0.15, 0.2) is 0 Å². The van der Waals surface area contributed by atoms with E-state index in [0.29, 0.717) is 10.7 Å². The lowest BCUT2D eigenvalue weighted by atomic mass is 9.89. The minimum atomic E-state index is 0.634. The van der Waals surface area contributed by atoms with Crippen molar-refractivity contribution in [1.82, 2.24) is 0 Å². The van der Waals surface area contributed by atoms with Crippen molar-refractivity contribution in [2.45, 2.75) is 32.1 Å². The van der Waals surface area contributed by atoms with E-state index in [1.807, 2.05) is 12.1 Å². The lowest BCUT2D eigenvalue weighted by Gasteiger charge is -2.16. The van der Waals surface area contributed by atoms with Crippen LogP contribution in [0.2, 0.25) is 5.02 Å². The Hall–Kier alpha value is -1.47. The van der Waals surface area contributed by atoms with Gasteiger partial charge >= 0.3 is 0 Å². The largest absolute Gasteiger partial charge is 0.398 e. The fraction of sp³-hybridized carbons (Fsp3) is 0.294. The van der Waals surface area contributed by atoms with Crippen molar-refractivity contribution in [1.29, 1.82) is 0 Å². The molecule has 1 aliphatic carbocycles. The predicted molar refractivity (Wildman–Crippen MR) is 81.8 cm³/mol. The number of rotatable bonds is 2. The zero-order chi connectivity index (χ0) is 13.2. The van der Waals surface area contributed by atoms with Crippen molar-refractivity contribution in [3.8, 4) is 0 Å². The van der Waals surface area contributed by atoms with Crippen molar-refractivity contribution in [2.75, 3.05) is 5.73 Å². The van der Waals surface area contributed by atoms with Crippen molar-refractivity contribution >= 4 is 17.3 Å². The molecule has 1 aliphatic rings. The van der Waals surface area contributed by atoms with E-state index < -0.39 is 0 Å². The molecule has 1 nitrogen and oxygen atoms in total. The molecule has 0 fully saturated rings. The maximum absolute atomic E-state index is 5.95. The van der Waals surface area contributed by atoms with E-state index in [2.05, 4.69) is 24.3 Å². The van der Waals surface area contributed by atoms with Crippen LogP contribution in [0.25, 0.3) is 0 Å². The average molecular weight is 272 g/mol. The van der Waals surface area contributed by atoms with E-state index in [-0.39, 0.29) is 0 Å². The van der Waals surface area contributed by atoms with Crippen LogP contribution in [0, 0.1) is 0 Å². The Balaban J connectivity index is 1.84. The van der Waals surface area contributed by atoms with Crippen LogP contribution in [0.4, 0.5) is 5.69 Å². The second-order valence-corrected chi connectivity index (χ2v) is 5.75. The number of aryl methyl sites for hydroxylation is 2. The minimum absolute atomic E-state index is 0.634. The van der Waals surface area contributed by atoms with Gasteiger partial charge in [0.25, 0.3) is 0 Å². The lowest BCUT2D eigenvalue weighted by molar-refractivity contribution is 0.684. The molecule has 2 aromatic carbocycles. The molecule has 3 rings (SSSR count). The summed E-state index contributed by atoms with van der Waals surface area (Å²) >= 11 is 5.95. The van der Waals surface area contributed by atoms with Crippen LogP contribution in [-0.4, -0.2) is 0 Å². The Bertz CT molecular complexity index is 604. The number of hydrogen-bond acceptors (Lipinski definition) is 1. The maximum Gasteiger partial charge on any atom is 0.0635 e. The number of halogens is 1. The third-order valence-corrected chi connectivity index (χ3v) is 4.23. The summed E-state index contributed by atoms with van der Waals surface area (Å²) in [7, 11) is 0. The molecule has 0 bridgehead atoms. The third-order valence-electron chi connectivity index (χ3n) is 3.88. The number of benzene rings is 2. The molecule has 19 heavy (non-hydrogen) atoms. The molecule has 0 aliphatic heterocycles. The smallest absolute Gasteiger partial charge is 0.0635 e. The molecule has 0 saturated carbocycles. The molecule has 98 valence electrons. The number of fused-ring (bicyclic) bond motifs is 1. The highest BCUT2D eigenvalue weighted by atomic mass is 35.5. The topological polar surface area (TPSA) is 26.0 Å². The van der Waals surface area contributed by atoms with Crippen LogP contribution >= 0.6 is 11.6 Å². The van der Waals surface area contributed by atoms with Crippen LogP contribution < -0.4 is 5.73 Å². The van der Waals surface area contributed by atoms with Gasteiger partial charge in [-0.3, -0.25) is 0 Å². The van der Waals surface area contributed by atoms with Gasteiger partial charge in [-0.05, 0) is 66.5 Å². The molecular weight excluding hydrogens is 254 g/mol.